The first-order valence-electron chi connectivity index (χ1n) is 9.39. The molecule has 2 N–H and O–H groups in total. The lowest BCUT2D eigenvalue weighted by atomic mass is 10.0. The van der Waals surface area contributed by atoms with Crippen LogP contribution in [0.1, 0.15) is 18.4 Å². The molecule has 3 heterocycles. The maximum atomic E-state index is 12.5. The Labute approximate surface area is 167 Å². The molecule has 0 radical (unpaired) electrons. The first-order chi connectivity index (χ1) is 13.7. The van der Waals surface area contributed by atoms with Crippen LogP contribution in [0.25, 0.3) is 11.3 Å². The molecule has 1 amide bonds. The van der Waals surface area contributed by atoms with Gasteiger partial charge in [0.05, 0.1) is 12.1 Å². The number of hydrogen-bond acceptors (Lipinski definition) is 5. The number of amides is 1. The standard InChI is InChI=1S/C21H22N4O2S/c26-19-13-18(16-8-11-28-14-16)23-21(24-19)22-17-6-9-25(10-7-17)20(27)12-15-4-2-1-3-5-15/h1-5,8,11,13-14,17H,6-7,9-10,12H2,(H2,22,23,24,26). The van der Waals surface area contributed by atoms with Gasteiger partial charge >= 0.3 is 0 Å². The number of aromatic amines is 1. The summed E-state index contributed by atoms with van der Waals surface area (Å²) in [4.78, 5) is 33.7. The van der Waals surface area contributed by atoms with Crippen molar-refractivity contribution in [2.45, 2.75) is 25.3 Å². The number of nitrogens with one attached hydrogen (secondary N) is 2. The lowest BCUT2D eigenvalue weighted by Gasteiger charge is -2.32. The van der Waals surface area contributed by atoms with Crippen molar-refractivity contribution in [3.8, 4) is 11.3 Å². The minimum absolute atomic E-state index is 0.163. The molecule has 1 fully saturated rings. The molecule has 0 saturated carbocycles. The predicted molar refractivity (Wildman–Crippen MR) is 112 cm³/mol. The zero-order valence-electron chi connectivity index (χ0n) is 15.4. The van der Waals surface area contributed by atoms with Crippen molar-refractivity contribution in [1.82, 2.24) is 14.9 Å². The first kappa shape index (κ1) is 18.4. The van der Waals surface area contributed by atoms with E-state index in [1.54, 1.807) is 11.3 Å². The number of piperidine rings is 1. The van der Waals surface area contributed by atoms with E-state index in [-0.39, 0.29) is 17.5 Å². The van der Waals surface area contributed by atoms with Crippen LogP contribution in [0.15, 0.2) is 58.0 Å². The Morgan fingerprint density at radius 1 is 1.21 bits per heavy atom. The zero-order chi connectivity index (χ0) is 19.3. The smallest absolute Gasteiger partial charge is 0.252 e. The normalized spacial score (nSPS) is 14.8. The van der Waals surface area contributed by atoms with Gasteiger partial charge in [0.2, 0.25) is 11.9 Å². The fraction of sp³-hybridized carbons (Fsp3) is 0.286. The van der Waals surface area contributed by atoms with Crippen molar-refractivity contribution in [1.29, 1.82) is 0 Å². The molecule has 3 aromatic rings. The van der Waals surface area contributed by atoms with E-state index in [9.17, 15) is 9.59 Å². The minimum Gasteiger partial charge on any atom is -0.353 e. The van der Waals surface area contributed by atoms with Crippen molar-refractivity contribution in [2.75, 3.05) is 18.4 Å². The Balaban J connectivity index is 1.34. The second-order valence-electron chi connectivity index (χ2n) is 6.95. The average molecular weight is 395 g/mol. The van der Waals surface area contributed by atoms with Crippen molar-refractivity contribution in [3.63, 3.8) is 0 Å². The highest BCUT2D eigenvalue weighted by Gasteiger charge is 2.23. The monoisotopic (exact) mass is 394 g/mol. The van der Waals surface area contributed by atoms with E-state index in [1.807, 2.05) is 52.1 Å². The van der Waals surface area contributed by atoms with Gasteiger partial charge in [-0.05, 0) is 29.9 Å². The third kappa shape index (κ3) is 4.48. The largest absolute Gasteiger partial charge is 0.353 e. The Kier molecular flexibility index (Phi) is 5.53. The molecule has 1 saturated heterocycles. The molecule has 6 nitrogen and oxygen atoms in total. The van der Waals surface area contributed by atoms with E-state index in [1.165, 1.54) is 6.07 Å². The van der Waals surface area contributed by atoms with E-state index >= 15 is 0 Å². The number of rotatable bonds is 5. The maximum Gasteiger partial charge on any atom is 0.252 e. The lowest BCUT2D eigenvalue weighted by Crippen LogP contribution is -2.43. The van der Waals surface area contributed by atoms with Gasteiger partial charge in [0.15, 0.2) is 0 Å². The number of anilines is 1. The van der Waals surface area contributed by atoms with Gasteiger partial charge in [-0.3, -0.25) is 14.6 Å². The number of carbonyl (C=O) groups is 1. The van der Waals surface area contributed by atoms with Crippen LogP contribution < -0.4 is 10.9 Å². The Morgan fingerprint density at radius 2 is 2.00 bits per heavy atom. The van der Waals surface area contributed by atoms with Gasteiger partial charge in [0.25, 0.3) is 5.56 Å². The van der Waals surface area contributed by atoms with Gasteiger partial charge in [-0.25, -0.2) is 4.98 Å². The molecule has 1 aromatic carbocycles. The molecule has 0 unspecified atom stereocenters. The highest BCUT2D eigenvalue weighted by atomic mass is 32.1. The molecular formula is C21H22N4O2S. The Bertz CT molecular complexity index is 977. The quantitative estimate of drug-likeness (QED) is 0.697. The summed E-state index contributed by atoms with van der Waals surface area (Å²) in [6, 6.07) is 13.5. The summed E-state index contributed by atoms with van der Waals surface area (Å²) in [6.07, 6.45) is 2.09. The van der Waals surface area contributed by atoms with Crippen LogP contribution in [0.2, 0.25) is 0 Å². The molecule has 28 heavy (non-hydrogen) atoms. The number of likely N-dealkylation sites (tertiary alicyclic amines) is 1. The number of carbonyl (C=O) groups excluding carboxylic acids is 1. The van der Waals surface area contributed by atoms with Gasteiger partial charge in [-0.15, -0.1) is 0 Å². The summed E-state index contributed by atoms with van der Waals surface area (Å²) in [6.45, 7) is 1.41. The van der Waals surface area contributed by atoms with Crippen molar-refractivity contribution in [3.05, 3.63) is 69.1 Å². The van der Waals surface area contributed by atoms with Crippen molar-refractivity contribution < 1.29 is 4.79 Å². The zero-order valence-corrected chi connectivity index (χ0v) is 16.2. The highest BCUT2D eigenvalue weighted by Crippen LogP contribution is 2.20. The third-order valence-corrected chi connectivity index (χ3v) is 5.63. The number of thiophene rings is 1. The maximum absolute atomic E-state index is 12.5. The Hall–Kier alpha value is -2.93. The summed E-state index contributed by atoms with van der Waals surface area (Å²) >= 11 is 1.58. The second kappa shape index (κ2) is 8.39. The van der Waals surface area contributed by atoms with Crippen molar-refractivity contribution in [2.24, 2.45) is 0 Å². The van der Waals surface area contributed by atoms with Gasteiger partial charge in [-0.1, -0.05) is 30.3 Å². The van der Waals surface area contributed by atoms with Crippen molar-refractivity contribution >= 4 is 23.2 Å². The summed E-state index contributed by atoms with van der Waals surface area (Å²) in [5, 5.41) is 7.27. The van der Waals surface area contributed by atoms with Gasteiger partial charge in [0, 0.05) is 36.1 Å². The minimum atomic E-state index is -0.172. The molecule has 144 valence electrons. The van der Waals surface area contributed by atoms with Crippen LogP contribution in [0.3, 0.4) is 0 Å². The van der Waals surface area contributed by atoms with E-state index in [0.717, 1.165) is 24.0 Å². The molecule has 0 spiro atoms. The summed E-state index contributed by atoms with van der Waals surface area (Å²) in [7, 11) is 0. The third-order valence-electron chi connectivity index (χ3n) is 4.95. The molecule has 0 atom stereocenters. The van der Waals surface area contributed by atoms with Crippen LogP contribution in [-0.2, 0) is 11.2 Å². The molecule has 2 aromatic heterocycles. The van der Waals surface area contributed by atoms with Gasteiger partial charge in [0.1, 0.15) is 0 Å². The van der Waals surface area contributed by atoms with Crippen LogP contribution in [0, 0.1) is 0 Å². The topological polar surface area (TPSA) is 78.1 Å². The van der Waals surface area contributed by atoms with Crippen LogP contribution in [0.4, 0.5) is 5.95 Å². The number of nitrogens with zero attached hydrogens (tertiary/aromatic N) is 2. The molecule has 4 rings (SSSR count). The first-order valence-corrected chi connectivity index (χ1v) is 10.3. The average Bonchev–Trinajstić information content (AvgIpc) is 3.24. The number of hydrogen-bond donors (Lipinski definition) is 2. The predicted octanol–water partition coefficient (Wildman–Crippen LogP) is 3.14. The molecule has 1 aliphatic heterocycles. The van der Waals surface area contributed by atoms with E-state index in [4.69, 9.17) is 0 Å². The van der Waals surface area contributed by atoms with E-state index in [2.05, 4.69) is 15.3 Å². The molecule has 1 aliphatic rings. The van der Waals surface area contributed by atoms with Crippen LogP contribution in [-0.4, -0.2) is 39.9 Å². The lowest BCUT2D eigenvalue weighted by molar-refractivity contribution is -0.131. The summed E-state index contributed by atoms with van der Waals surface area (Å²) in [5.74, 6) is 0.651. The fourth-order valence-electron chi connectivity index (χ4n) is 3.43. The summed E-state index contributed by atoms with van der Waals surface area (Å²) < 4.78 is 0. The Morgan fingerprint density at radius 3 is 2.71 bits per heavy atom. The summed E-state index contributed by atoms with van der Waals surface area (Å²) in [5.41, 5.74) is 2.48. The number of aromatic nitrogens is 2. The molecule has 0 aliphatic carbocycles. The van der Waals surface area contributed by atoms with E-state index in [0.29, 0.717) is 31.2 Å². The highest BCUT2D eigenvalue weighted by molar-refractivity contribution is 7.08. The SMILES string of the molecule is O=C(Cc1ccccc1)N1CCC(Nc2nc(-c3ccsc3)cc(=O)[nH]2)CC1. The van der Waals surface area contributed by atoms with Crippen LogP contribution >= 0.6 is 11.3 Å². The van der Waals surface area contributed by atoms with Gasteiger partial charge < -0.3 is 10.2 Å². The molecule has 0 bridgehead atoms. The van der Waals surface area contributed by atoms with Crippen LogP contribution in [0.5, 0.6) is 0 Å². The fourth-order valence-corrected chi connectivity index (χ4v) is 4.08. The number of benzene rings is 1. The number of H-pyrrole nitrogens is 1. The van der Waals surface area contributed by atoms with Gasteiger partial charge in [-0.2, -0.15) is 11.3 Å². The second-order valence-corrected chi connectivity index (χ2v) is 7.73. The van der Waals surface area contributed by atoms with E-state index < -0.39 is 0 Å². The molecule has 7 heteroatoms. The molecular weight excluding hydrogens is 372 g/mol.